The first-order valence-electron chi connectivity index (χ1n) is 7.21. The molecular weight excluding hydrogens is 395 g/mol. The van der Waals surface area contributed by atoms with Crippen LogP contribution in [0.1, 0.15) is 19.4 Å². The summed E-state index contributed by atoms with van der Waals surface area (Å²) in [6.45, 7) is 5.27. The summed E-state index contributed by atoms with van der Waals surface area (Å²) < 4.78 is 6.85. The van der Waals surface area contributed by atoms with Gasteiger partial charge in [0.25, 0.3) is 5.91 Å². The third kappa shape index (κ3) is 4.91. The molecule has 0 aliphatic rings. The van der Waals surface area contributed by atoms with Gasteiger partial charge in [0.2, 0.25) is 0 Å². The van der Waals surface area contributed by atoms with Gasteiger partial charge in [0.1, 0.15) is 0 Å². The largest absolute Gasteiger partial charge is 0.380 e. The zero-order valence-corrected chi connectivity index (χ0v) is 15.8. The molecule has 0 aliphatic carbocycles. The molecular formula is C16H25IN2O3. The highest BCUT2D eigenvalue weighted by atomic mass is 127. The molecule has 1 aromatic carbocycles. The molecule has 0 fully saturated rings. The van der Waals surface area contributed by atoms with Crippen LogP contribution in [0.4, 0.5) is 0 Å². The molecule has 0 aliphatic heterocycles. The SMILES string of the molecule is CON(C)C(=O)C(C)(COCC(C)CN)c1cccc(I)c1. The summed E-state index contributed by atoms with van der Waals surface area (Å²) in [7, 11) is 3.08. The quantitative estimate of drug-likeness (QED) is 0.517. The lowest BCUT2D eigenvalue weighted by Gasteiger charge is -2.32. The van der Waals surface area contributed by atoms with Gasteiger partial charge in [-0.2, -0.15) is 0 Å². The van der Waals surface area contributed by atoms with Gasteiger partial charge < -0.3 is 10.5 Å². The summed E-state index contributed by atoms with van der Waals surface area (Å²) in [5, 5.41) is 1.25. The molecule has 0 heterocycles. The Hall–Kier alpha value is -0.700. The molecule has 0 saturated carbocycles. The van der Waals surface area contributed by atoms with Crippen LogP contribution >= 0.6 is 22.6 Å². The normalized spacial score (nSPS) is 15.2. The van der Waals surface area contributed by atoms with Crippen LogP contribution in [0, 0.1) is 9.49 Å². The van der Waals surface area contributed by atoms with Crippen molar-refractivity contribution in [3.05, 3.63) is 33.4 Å². The molecule has 2 atom stereocenters. The number of ether oxygens (including phenoxy) is 1. The van der Waals surface area contributed by atoms with E-state index >= 15 is 0 Å². The van der Waals surface area contributed by atoms with E-state index in [2.05, 4.69) is 22.6 Å². The smallest absolute Gasteiger partial charge is 0.258 e. The lowest BCUT2D eigenvalue weighted by molar-refractivity contribution is -0.177. The number of benzene rings is 1. The molecule has 0 radical (unpaired) electrons. The number of amides is 1. The van der Waals surface area contributed by atoms with Gasteiger partial charge in [0, 0.05) is 10.6 Å². The molecule has 0 spiro atoms. The van der Waals surface area contributed by atoms with E-state index in [-0.39, 0.29) is 18.4 Å². The number of halogens is 1. The van der Waals surface area contributed by atoms with E-state index in [4.69, 9.17) is 15.3 Å². The first kappa shape index (κ1) is 19.3. The van der Waals surface area contributed by atoms with Crippen LogP contribution in [0.25, 0.3) is 0 Å². The summed E-state index contributed by atoms with van der Waals surface area (Å²) in [4.78, 5) is 17.8. The minimum atomic E-state index is -0.805. The molecule has 2 unspecified atom stereocenters. The van der Waals surface area contributed by atoms with E-state index in [1.165, 1.54) is 12.2 Å². The first-order valence-corrected chi connectivity index (χ1v) is 8.29. The second kappa shape index (κ2) is 8.81. The molecule has 6 heteroatoms. The Morgan fingerprint density at radius 2 is 2.18 bits per heavy atom. The maximum Gasteiger partial charge on any atom is 0.258 e. The van der Waals surface area contributed by atoms with Crippen molar-refractivity contribution >= 4 is 28.5 Å². The van der Waals surface area contributed by atoms with Crippen LogP contribution in [0.3, 0.4) is 0 Å². The van der Waals surface area contributed by atoms with Crippen molar-refractivity contribution in [2.24, 2.45) is 11.7 Å². The minimum Gasteiger partial charge on any atom is -0.380 e. The second-order valence-corrected chi connectivity index (χ2v) is 6.93. The topological polar surface area (TPSA) is 64.8 Å². The average molecular weight is 420 g/mol. The lowest BCUT2D eigenvalue weighted by Crippen LogP contribution is -2.46. The molecule has 1 aromatic rings. The number of nitrogens with two attached hydrogens (primary N) is 1. The van der Waals surface area contributed by atoms with Crippen molar-refractivity contribution in [1.29, 1.82) is 0 Å². The Labute approximate surface area is 146 Å². The fourth-order valence-electron chi connectivity index (χ4n) is 2.06. The van der Waals surface area contributed by atoms with Crippen molar-refractivity contribution in [2.75, 3.05) is 33.9 Å². The summed E-state index contributed by atoms with van der Waals surface area (Å²) in [6.07, 6.45) is 0. The molecule has 0 aromatic heterocycles. The van der Waals surface area contributed by atoms with E-state index in [1.807, 2.05) is 38.1 Å². The Kier molecular flexibility index (Phi) is 7.75. The molecule has 0 bridgehead atoms. The van der Waals surface area contributed by atoms with E-state index in [9.17, 15) is 4.79 Å². The summed E-state index contributed by atoms with van der Waals surface area (Å²) in [5.74, 6) is 0.118. The van der Waals surface area contributed by atoms with Gasteiger partial charge in [0.05, 0.1) is 25.7 Å². The number of hydroxylamine groups is 2. The van der Waals surface area contributed by atoms with Crippen LogP contribution in [0.15, 0.2) is 24.3 Å². The van der Waals surface area contributed by atoms with Crippen LogP contribution < -0.4 is 5.73 Å². The van der Waals surface area contributed by atoms with Gasteiger partial charge in [-0.05, 0) is 59.7 Å². The van der Waals surface area contributed by atoms with Crippen molar-refractivity contribution in [3.8, 4) is 0 Å². The van der Waals surface area contributed by atoms with Crippen molar-refractivity contribution < 1.29 is 14.4 Å². The van der Waals surface area contributed by atoms with E-state index in [1.54, 1.807) is 7.05 Å². The van der Waals surface area contributed by atoms with Gasteiger partial charge in [0.15, 0.2) is 0 Å². The Morgan fingerprint density at radius 1 is 1.50 bits per heavy atom. The van der Waals surface area contributed by atoms with Gasteiger partial charge in [-0.15, -0.1) is 0 Å². The molecule has 124 valence electrons. The number of hydrogen-bond donors (Lipinski definition) is 1. The monoisotopic (exact) mass is 420 g/mol. The molecule has 0 saturated heterocycles. The maximum atomic E-state index is 12.7. The highest BCUT2D eigenvalue weighted by molar-refractivity contribution is 14.1. The van der Waals surface area contributed by atoms with Gasteiger partial charge in [-0.1, -0.05) is 19.1 Å². The Balaban J connectivity index is 3.01. The number of rotatable bonds is 8. The predicted octanol–water partition coefficient (Wildman–Crippen LogP) is 2.18. The van der Waals surface area contributed by atoms with E-state index in [0.717, 1.165) is 9.13 Å². The highest BCUT2D eigenvalue weighted by Crippen LogP contribution is 2.28. The number of hydrogen-bond acceptors (Lipinski definition) is 4. The van der Waals surface area contributed by atoms with Crippen LogP contribution in [0.5, 0.6) is 0 Å². The minimum absolute atomic E-state index is 0.141. The third-order valence-corrected chi connectivity index (χ3v) is 4.36. The maximum absolute atomic E-state index is 12.7. The average Bonchev–Trinajstić information content (AvgIpc) is 2.52. The molecule has 5 nitrogen and oxygen atoms in total. The second-order valence-electron chi connectivity index (χ2n) is 5.68. The van der Waals surface area contributed by atoms with Gasteiger partial charge in [-0.25, -0.2) is 5.06 Å². The van der Waals surface area contributed by atoms with Gasteiger partial charge >= 0.3 is 0 Å². The lowest BCUT2D eigenvalue weighted by atomic mass is 9.82. The molecule has 1 amide bonds. The first-order chi connectivity index (χ1) is 10.3. The zero-order chi connectivity index (χ0) is 16.8. The van der Waals surface area contributed by atoms with Crippen molar-refractivity contribution in [2.45, 2.75) is 19.3 Å². The predicted molar refractivity (Wildman–Crippen MR) is 95.3 cm³/mol. The number of carbonyl (C=O) groups is 1. The summed E-state index contributed by atoms with van der Waals surface area (Å²) >= 11 is 2.24. The number of likely N-dealkylation sites (N-methyl/N-ethyl adjacent to an activating group) is 1. The molecule has 1 rings (SSSR count). The van der Waals surface area contributed by atoms with E-state index in [0.29, 0.717) is 13.2 Å². The van der Waals surface area contributed by atoms with Crippen LogP contribution in [0.2, 0.25) is 0 Å². The summed E-state index contributed by atoms with van der Waals surface area (Å²) in [5.41, 5.74) is 5.71. The van der Waals surface area contributed by atoms with Crippen molar-refractivity contribution in [3.63, 3.8) is 0 Å². The Bertz CT molecular complexity index is 498. The molecule has 22 heavy (non-hydrogen) atoms. The fraction of sp³-hybridized carbons (Fsp3) is 0.562. The number of carbonyl (C=O) groups excluding carboxylic acids is 1. The Morgan fingerprint density at radius 3 is 2.73 bits per heavy atom. The number of nitrogens with zero attached hydrogens (tertiary/aromatic N) is 1. The van der Waals surface area contributed by atoms with Gasteiger partial charge in [-0.3, -0.25) is 9.63 Å². The summed E-state index contributed by atoms with van der Waals surface area (Å²) in [6, 6.07) is 7.88. The highest BCUT2D eigenvalue weighted by Gasteiger charge is 2.38. The van der Waals surface area contributed by atoms with Crippen molar-refractivity contribution in [1.82, 2.24) is 5.06 Å². The van der Waals surface area contributed by atoms with Crippen LogP contribution in [-0.4, -0.2) is 44.9 Å². The standard InChI is InChI=1S/C16H25IN2O3/c1-12(9-18)10-22-11-16(2,15(20)19(3)21-4)13-6-5-7-14(17)8-13/h5-8,12H,9-11,18H2,1-4H3. The fourth-order valence-corrected chi connectivity index (χ4v) is 2.61. The van der Waals surface area contributed by atoms with E-state index < -0.39 is 5.41 Å². The van der Waals surface area contributed by atoms with Crippen LogP contribution in [-0.2, 0) is 19.8 Å². The molecule has 2 N–H and O–H groups in total. The zero-order valence-electron chi connectivity index (χ0n) is 13.6. The third-order valence-electron chi connectivity index (χ3n) is 3.69.